The van der Waals surface area contributed by atoms with Crippen LogP contribution >= 0.6 is 0 Å². The highest BCUT2D eigenvalue weighted by atomic mass is 14.8. The summed E-state index contributed by atoms with van der Waals surface area (Å²) in [6.45, 7) is 7.37. The zero-order valence-electron chi connectivity index (χ0n) is 12.1. The Morgan fingerprint density at radius 3 is 2.41 bits per heavy atom. The van der Waals surface area contributed by atoms with Gasteiger partial charge in [0.15, 0.2) is 0 Å². The SMILES string of the molecule is CCCCC1CCCCC1C1CC12CC2(C)C. The van der Waals surface area contributed by atoms with Gasteiger partial charge in [-0.2, -0.15) is 0 Å². The van der Waals surface area contributed by atoms with Crippen molar-refractivity contribution in [2.75, 3.05) is 0 Å². The highest BCUT2D eigenvalue weighted by molar-refractivity contribution is 5.24. The van der Waals surface area contributed by atoms with Crippen LogP contribution in [0, 0.1) is 28.6 Å². The molecule has 3 saturated carbocycles. The van der Waals surface area contributed by atoms with E-state index in [4.69, 9.17) is 0 Å². The van der Waals surface area contributed by atoms with Crippen molar-refractivity contribution in [2.24, 2.45) is 28.6 Å². The lowest BCUT2D eigenvalue weighted by molar-refractivity contribution is 0.182. The van der Waals surface area contributed by atoms with Crippen LogP contribution in [0.5, 0.6) is 0 Å². The van der Waals surface area contributed by atoms with Gasteiger partial charge in [-0.1, -0.05) is 59.3 Å². The van der Waals surface area contributed by atoms with E-state index in [0.717, 1.165) is 23.2 Å². The van der Waals surface area contributed by atoms with Crippen molar-refractivity contribution in [3.63, 3.8) is 0 Å². The van der Waals surface area contributed by atoms with E-state index in [0.29, 0.717) is 5.41 Å². The zero-order valence-corrected chi connectivity index (χ0v) is 12.1. The summed E-state index contributed by atoms with van der Waals surface area (Å²) in [5.41, 5.74) is 1.56. The number of hydrogen-bond donors (Lipinski definition) is 0. The van der Waals surface area contributed by atoms with E-state index in [2.05, 4.69) is 20.8 Å². The molecule has 0 heterocycles. The quantitative estimate of drug-likeness (QED) is 0.609. The van der Waals surface area contributed by atoms with E-state index >= 15 is 0 Å². The third-order valence-corrected chi connectivity index (χ3v) is 6.53. The van der Waals surface area contributed by atoms with Crippen molar-refractivity contribution in [3.8, 4) is 0 Å². The van der Waals surface area contributed by atoms with Crippen LogP contribution in [0.25, 0.3) is 0 Å². The van der Waals surface area contributed by atoms with Gasteiger partial charge in [-0.25, -0.2) is 0 Å². The van der Waals surface area contributed by atoms with Crippen molar-refractivity contribution in [1.82, 2.24) is 0 Å². The molecule has 1 spiro atoms. The normalized spacial score (nSPS) is 47.1. The Bertz CT molecular complexity index is 290. The zero-order chi connectivity index (χ0) is 12.1. The number of hydrogen-bond acceptors (Lipinski definition) is 0. The van der Waals surface area contributed by atoms with Crippen LogP contribution in [-0.2, 0) is 0 Å². The van der Waals surface area contributed by atoms with Gasteiger partial charge in [0.25, 0.3) is 0 Å². The van der Waals surface area contributed by atoms with Crippen molar-refractivity contribution < 1.29 is 0 Å². The summed E-state index contributed by atoms with van der Waals surface area (Å²) in [5.74, 6) is 3.36. The highest BCUT2D eigenvalue weighted by Crippen LogP contribution is 2.84. The van der Waals surface area contributed by atoms with E-state index in [-0.39, 0.29) is 0 Å². The smallest absolute Gasteiger partial charge is 0.0207 e. The second-order valence-corrected chi connectivity index (χ2v) is 7.88. The lowest BCUT2D eigenvalue weighted by atomic mass is 9.73. The fourth-order valence-corrected chi connectivity index (χ4v) is 5.21. The monoisotopic (exact) mass is 234 g/mol. The third-order valence-electron chi connectivity index (χ3n) is 6.53. The van der Waals surface area contributed by atoms with Gasteiger partial charge in [-0.05, 0) is 47.8 Å². The molecule has 0 bridgehead atoms. The molecule has 0 nitrogen and oxygen atoms in total. The topological polar surface area (TPSA) is 0 Å². The molecule has 0 radical (unpaired) electrons. The van der Waals surface area contributed by atoms with Crippen LogP contribution in [0.15, 0.2) is 0 Å². The average Bonchev–Trinajstić information content (AvgIpc) is 3.14. The van der Waals surface area contributed by atoms with E-state index in [1.54, 1.807) is 25.7 Å². The molecule has 0 aromatic carbocycles. The summed E-state index contributed by atoms with van der Waals surface area (Å²) in [4.78, 5) is 0. The highest BCUT2D eigenvalue weighted by Gasteiger charge is 2.76. The molecule has 0 amide bonds. The second kappa shape index (κ2) is 4.00. The molecule has 0 aliphatic heterocycles. The molecule has 3 aliphatic carbocycles. The van der Waals surface area contributed by atoms with Crippen LogP contribution in [0.1, 0.15) is 78.6 Å². The van der Waals surface area contributed by atoms with Crippen LogP contribution in [0.4, 0.5) is 0 Å². The van der Waals surface area contributed by atoms with Crippen molar-refractivity contribution >= 4 is 0 Å². The molecule has 3 aliphatic rings. The number of unbranched alkanes of at least 4 members (excludes halogenated alkanes) is 1. The molecule has 4 unspecified atom stereocenters. The first-order valence-electron chi connectivity index (χ1n) is 8.11. The molecule has 0 saturated heterocycles. The molecule has 17 heavy (non-hydrogen) atoms. The molecule has 0 aromatic rings. The van der Waals surface area contributed by atoms with Crippen LogP contribution in [0.3, 0.4) is 0 Å². The summed E-state index contributed by atoms with van der Waals surface area (Å²) < 4.78 is 0. The molecule has 98 valence electrons. The first-order valence-corrected chi connectivity index (χ1v) is 8.11. The molecule has 3 fully saturated rings. The van der Waals surface area contributed by atoms with Gasteiger partial charge in [0.1, 0.15) is 0 Å². The molecular formula is C17H30. The first kappa shape index (κ1) is 12.1. The third kappa shape index (κ3) is 1.87. The summed E-state index contributed by atoms with van der Waals surface area (Å²) in [7, 11) is 0. The average molecular weight is 234 g/mol. The predicted octanol–water partition coefficient (Wildman–Crippen LogP) is 5.42. The Morgan fingerprint density at radius 1 is 1.12 bits per heavy atom. The van der Waals surface area contributed by atoms with Gasteiger partial charge in [-0.3, -0.25) is 0 Å². The molecule has 0 aromatic heterocycles. The Kier molecular flexibility index (Phi) is 2.84. The van der Waals surface area contributed by atoms with Crippen molar-refractivity contribution in [2.45, 2.75) is 78.6 Å². The first-order chi connectivity index (χ1) is 8.11. The minimum absolute atomic E-state index is 0.713. The van der Waals surface area contributed by atoms with Crippen LogP contribution in [-0.4, -0.2) is 0 Å². The van der Waals surface area contributed by atoms with E-state index in [1.165, 1.54) is 32.1 Å². The standard InChI is InChI=1S/C17H30/c1-4-5-8-13-9-6-7-10-14(13)15-11-17(15)12-16(17,2)3/h13-15H,4-12H2,1-3H3. The Hall–Kier alpha value is 0. The lowest BCUT2D eigenvalue weighted by Crippen LogP contribution is -2.22. The fraction of sp³-hybridized carbons (Fsp3) is 1.00. The largest absolute Gasteiger partial charge is 0.0654 e. The van der Waals surface area contributed by atoms with Gasteiger partial charge in [-0.15, -0.1) is 0 Å². The summed E-state index contributed by atoms with van der Waals surface area (Å²) in [6, 6.07) is 0. The van der Waals surface area contributed by atoms with E-state index in [9.17, 15) is 0 Å². The molecule has 0 heteroatoms. The number of rotatable bonds is 4. The predicted molar refractivity (Wildman–Crippen MR) is 73.9 cm³/mol. The van der Waals surface area contributed by atoms with Crippen LogP contribution in [0.2, 0.25) is 0 Å². The maximum Gasteiger partial charge on any atom is -0.0207 e. The molecule has 4 atom stereocenters. The lowest BCUT2D eigenvalue weighted by Gasteiger charge is -2.32. The second-order valence-electron chi connectivity index (χ2n) is 7.88. The Labute approximate surface area is 108 Å². The minimum Gasteiger partial charge on any atom is -0.0654 e. The Morgan fingerprint density at radius 2 is 1.82 bits per heavy atom. The molecule has 0 N–H and O–H groups in total. The van der Waals surface area contributed by atoms with E-state index < -0.39 is 0 Å². The van der Waals surface area contributed by atoms with Gasteiger partial charge < -0.3 is 0 Å². The molecular weight excluding hydrogens is 204 g/mol. The van der Waals surface area contributed by atoms with Gasteiger partial charge in [0.2, 0.25) is 0 Å². The maximum absolute atomic E-state index is 2.51. The van der Waals surface area contributed by atoms with E-state index in [1.807, 2.05) is 0 Å². The van der Waals surface area contributed by atoms with Crippen molar-refractivity contribution in [1.29, 1.82) is 0 Å². The minimum atomic E-state index is 0.713. The van der Waals surface area contributed by atoms with Gasteiger partial charge in [0, 0.05) is 0 Å². The Balaban J connectivity index is 1.61. The summed E-state index contributed by atoms with van der Waals surface area (Å²) >= 11 is 0. The summed E-state index contributed by atoms with van der Waals surface area (Å²) in [6.07, 6.45) is 13.7. The van der Waals surface area contributed by atoms with Gasteiger partial charge >= 0.3 is 0 Å². The fourth-order valence-electron chi connectivity index (χ4n) is 5.21. The molecule has 3 rings (SSSR count). The summed E-state index contributed by atoms with van der Waals surface area (Å²) in [5, 5.41) is 0. The van der Waals surface area contributed by atoms with Crippen molar-refractivity contribution in [3.05, 3.63) is 0 Å². The van der Waals surface area contributed by atoms with Gasteiger partial charge in [0.05, 0.1) is 0 Å². The van der Waals surface area contributed by atoms with Crippen LogP contribution < -0.4 is 0 Å². The maximum atomic E-state index is 2.51.